The summed E-state index contributed by atoms with van der Waals surface area (Å²) in [6.45, 7) is 0.0970. The number of aryl methyl sites for hydroxylation is 1. The Hall–Kier alpha value is -2.66. The molecule has 1 spiro atoms. The number of amides is 2. The first-order valence-corrected chi connectivity index (χ1v) is 7.82. The summed E-state index contributed by atoms with van der Waals surface area (Å²) in [5.74, 6) is -0.858. The Morgan fingerprint density at radius 2 is 2.04 bits per heavy atom. The molecule has 23 heavy (non-hydrogen) atoms. The first-order chi connectivity index (χ1) is 11.1. The molecule has 5 heteroatoms. The van der Waals surface area contributed by atoms with Crippen LogP contribution in [0.25, 0.3) is 0 Å². The van der Waals surface area contributed by atoms with E-state index in [0.717, 1.165) is 17.5 Å². The third-order valence-corrected chi connectivity index (χ3v) is 4.95. The summed E-state index contributed by atoms with van der Waals surface area (Å²) >= 11 is 0. The van der Waals surface area contributed by atoms with E-state index in [9.17, 15) is 14.9 Å². The predicted octanol–water partition coefficient (Wildman–Crippen LogP) is 2.07. The molecule has 1 aromatic rings. The van der Waals surface area contributed by atoms with Gasteiger partial charge in [-0.3, -0.25) is 14.5 Å². The Morgan fingerprint density at radius 3 is 2.78 bits per heavy atom. The highest BCUT2D eigenvalue weighted by molar-refractivity contribution is 6.09. The number of rotatable bonds is 4. The number of nitrogens with zero attached hydrogens (tertiary/aromatic N) is 3. The molecule has 1 aliphatic heterocycles. The van der Waals surface area contributed by atoms with Crippen molar-refractivity contribution in [2.45, 2.75) is 37.5 Å². The molecule has 2 aliphatic rings. The fourth-order valence-electron chi connectivity index (χ4n) is 3.74. The fourth-order valence-corrected chi connectivity index (χ4v) is 3.74. The lowest BCUT2D eigenvalue weighted by Crippen LogP contribution is -2.39. The van der Waals surface area contributed by atoms with Crippen molar-refractivity contribution in [1.29, 1.82) is 10.5 Å². The zero-order valence-corrected chi connectivity index (χ0v) is 12.8. The lowest BCUT2D eigenvalue weighted by atomic mass is 9.80. The average Bonchev–Trinajstić information content (AvgIpc) is 3.05. The lowest BCUT2D eigenvalue weighted by molar-refractivity contribution is -0.140. The minimum absolute atomic E-state index is 0.0970. The standard InChI is InChI=1S/C18H17N3O2/c19-9-3-4-13(11-20)12-21-16(22)10-18(17(21)23)8-7-14-5-1-2-6-15(14)18/h1-2,5-6,13H,3-4,7-8,10,12H2/t13-,18+/m0/s1. The minimum atomic E-state index is -0.733. The van der Waals surface area contributed by atoms with Crippen LogP contribution in [0.2, 0.25) is 0 Å². The van der Waals surface area contributed by atoms with E-state index >= 15 is 0 Å². The summed E-state index contributed by atoms with van der Waals surface area (Å²) < 4.78 is 0. The van der Waals surface area contributed by atoms with E-state index in [2.05, 4.69) is 6.07 Å². The van der Waals surface area contributed by atoms with Crippen molar-refractivity contribution in [2.75, 3.05) is 6.54 Å². The second kappa shape index (κ2) is 5.85. The van der Waals surface area contributed by atoms with E-state index in [1.54, 1.807) is 0 Å². The normalized spacial score (nSPS) is 23.7. The molecular weight excluding hydrogens is 290 g/mol. The van der Waals surface area contributed by atoms with Crippen molar-refractivity contribution >= 4 is 11.8 Å². The van der Waals surface area contributed by atoms with Gasteiger partial charge in [-0.2, -0.15) is 10.5 Å². The van der Waals surface area contributed by atoms with Crippen LogP contribution in [0.15, 0.2) is 24.3 Å². The summed E-state index contributed by atoms with van der Waals surface area (Å²) in [7, 11) is 0. The SMILES string of the molecule is N#CCC[C@@H](C#N)CN1C(=O)C[C@@]2(CCc3ccccc32)C1=O. The number of carbonyl (C=O) groups excluding carboxylic acids is 2. The Balaban J connectivity index is 1.85. The van der Waals surface area contributed by atoms with E-state index < -0.39 is 11.3 Å². The summed E-state index contributed by atoms with van der Waals surface area (Å²) in [6.07, 6.45) is 2.29. The average molecular weight is 307 g/mol. The van der Waals surface area contributed by atoms with Gasteiger partial charge in [-0.15, -0.1) is 0 Å². The molecule has 116 valence electrons. The Morgan fingerprint density at radius 1 is 1.26 bits per heavy atom. The monoisotopic (exact) mass is 307 g/mol. The molecule has 5 nitrogen and oxygen atoms in total. The molecule has 2 amide bonds. The summed E-state index contributed by atoms with van der Waals surface area (Å²) in [5.41, 5.74) is 1.37. The van der Waals surface area contributed by atoms with Crippen molar-refractivity contribution in [2.24, 2.45) is 5.92 Å². The van der Waals surface area contributed by atoms with Gasteiger partial charge in [0.05, 0.1) is 23.5 Å². The van der Waals surface area contributed by atoms with Crippen LogP contribution in [0.5, 0.6) is 0 Å². The van der Waals surface area contributed by atoms with Gasteiger partial charge in [-0.05, 0) is 30.4 Å². The van der Waals surface area contributed by atoms with E-state index in [4.69, 9.17) is 5.26 Å². The summed E-state index contributed by atoms with van der Waals surface area (Å²) in [5, 5.41) is 17.8. The molecular formula is C18H17N3O2. The maximum atomic E-state index is 13.0. The number of nitriles is 2. The lowest BCUT2D eigenvalue weighted by Gasteiger charge is -2.23. The molecule has 2 atom stereocenters. The molecule has 1 aliphatic carbocycles. The van der Waals surface area contributed by atoms with Crippen LogP contribution in [0.3, 0.4) is 0 Å². The maximum Gasteiger partial charge on any atom is 0.240 e. The van der Waals surface area contributed by atoms with E-state index in [1.165, 1.54) is 4.90 Å². The Bertz CT molecular complexity index is 743. The highest BCUT2D eigenvalue weighted by atomic mass is 16.2. The number of imide groups is 1. The van der Waals surface area contributed by atoms with E-state index in [1.807, 2.05) is 30.3 Å². The number of benzene rings is 1. The van der Waals surface area contributed by atoms with Crippen LogP contribution >= 0.6 is 0 Å². The van der Waals surface area contributed by atoms with Gasteiger partial charge in [0, 0.05) is 19.4 Å². The van der Waals surface area contributed by atoms with Gasteiger partial charge in [0.15, 0.2) is 0 Å². The highest BCUT2D eigenvalue weighted by Gasteiger charge is 2.55. The Labute approximate surface area is 135 Å². The van der Waals surface area contributed by atoms with Crippen LogP contribution in [-0.2, 0) is 21.4 Å². The summed E-state index contributed by atoms with van der Waals surface area (Å²) in [6, 6.07) is 11.9. The first-order valence-electron chi connectivity index (χ1n) is 7.82. The number of hydrogen-bond acceptors (Lipinski definition) is 4. The quantitative estimate of drug-likeness (QED) is 0.797. The van der Waals surface area contributed by atoms with Crippen LogP contribution in [0.1, 0.15) is 36.8 Å². The van der Waals surface area contributed by atoms with Crippen LogP contribution < -0.4 is 0 Å². The van der Waals surface area contributed by atoms with Crippen molar-refractivity contribution in [3.63, 3.8) is 0 Å². The number of hydrogen-bond donors (Lipinski definition) is 0. The van der Waals surface area contributed by atoms with Gasteiger partial charge in [0.25, 0.3) is 0 Å². The maximum absolute atomic E-state index is 13.0. The second-order valence-electron chi connectivity index (χ2n) is 6.25. The van der Waals surface area contributed by atoms with E-state index in [0.29, 0.717) is 12.8 Å². The van der Waals surface area contributed by atoms with Gasteiger partial charge in [-0.25, -0.2) is 0 Å². The van der Waals surface area contributed by atoms with Crippen molar-refractivity contribution in [3.8, 4) is 12.1 Å². The molecule has 3 rings (SSSR count). The zero-order valence-electron chi connectivity index (χ0n) is 12.8. The molecule has 1 aromatic carbocycles. The smallest absolute Gasteiger partial charge is 0.240 e. The number of fused-ring (bicyclic) bond motifs is 2. The number of likely N-dealkylation sites (tertiary alicyclic amines) is 1. The van der Waals surface area contributed by atoms with Gasteiger partial charge in [-0.1, -0.05) is 24.3 Å². The van der Waals surface area contributed by atoms with Crippen molar-refractivity contribution < 1.29 is 9.59 Å². The van der Waals surface area contributed by atoms with Gasteiger partial charge < -0.3 is 0 Å². The van der Waals surface area contributed by atoms with Gasteiger partial charge >= 0.3 is 0 Å². The molecule has 0 aromatic heterocycles. The third-order valence-electron chi connectivity index (χ3n) is 4.95. The van der Waals surface area contributed by atoms with Crippen LogP contribution in [-0.4, -0.2) is 23.3 Å². The molecule has 0 saturated carbocycles. The molecule has 0 radical (unpaired) electrons. The first kappa shape index (κ1) is 15.2. The minimum Gasteiger partial charge on any atom is -0.280 e. The Kier molecular flexibility index (Phi) is 3.88. The highest BCUT2D eigenvalue weighted by Crippen LogP contribution is 2.46. The molecule has 0 N–H and O–H groups in total. The van der Waals surface area contributed by atoms with Crippen molar-refractivity contribution in [1.82, 2.24) is 4.90 Å². The third kappa shape index (κ3) is 2.39. The van der Waals surface area contributed by atoms with Crippen LogP contribution in [0.4, 0.5) is 0 Å². The van der Waals surface area contributed by atoms with Gasteiger partial charge in [0.1, 0.15) is 0 Å². The van der Waals surface area contributed by atoms with Crippen molar-refractivity contribution in [3.05, 3.63) is 35.4 Å². The van der Waals surface area contributed by atoms with E-state index in [-0.39, 0.29) is 31.2 Å². The fraction of sp³-hybridized carbons (Fsp3) is 0.444. The largest absolute Gasteiger partial charge is 0.280 e. The predicted molar refractivity (Wildman–Crippen MR) is 81.7 cm³/mol. The molecule has 1 saturated heterocycles. The van der Waals surface area contributed by atoms with Gasteiger partial charge in [0.2, 0.25) is 11.8 Å². The molecule has 1 heterocycles. The second-order valence-corrected chi connectivity index (χ2v) is 6.25. The topological polar surface area (TPSA) is 85.0 Å². The molecule has 0 bridgehead atoms. The van der Waals surface area contributed by atoms with Crippen LogP contribution in [0, 0.1) is 28.6 Å². The molecule has 1 fully saturated rings. The number of carbonyl (C=O) groups is 2. The summed E-state index contributed by atoms with van der Waals surface area (Å²) in [4.78, 5) is 26.6. The molecule has 0 unspecified atom stereocenters. The zero-order chi connectivity index (χ0) is 16.4.